The maximum absolute atomic E-state index is 13.0. The van der Waals surface area contributed by atoms with Crippen LogP contribution >= 0.6 is 0 Å². The van der Waals surface area contributed by atoms with Gasteiger partial charge in [0.25, 0.3) is 5.56 Å². The van der Waals surface area contributed by atoms with Gasteiger partial charge in [0.2, 0.25) is 5.91 Å². The molecule has 31 heavy (non-hydrogen) atoms. The summed E-state index contributed by atoms with van der Waals surface area (Å²) in [5.41, 5.74) is 2.43. The largest absolute Gasteiger partial charge is 0.733 e. The van der Waals surface area contributed by atoms with Gasteiger partial charge in [-0.3, -0.25) is 14.8 Å². The van der Waals surface area contributed by atoms with E-state index in [1.165, 1.54) is 22.5 Å². The highest BCUT2D eigenvalue weighted by atomic mass is 16.8. The molecule has 5 rings (SSSR count). The lowest BCUT2D eigenvalue weighted by atomic mass is 9.83. The lowest BCUT2D eigenvalue weighted by Gasteiger charge is -2.43. The number of rotatable bonds is 4. The Bertz CT molecular complexity index is 1210. The number of para-hydroxylation sites is 1. The summed E-state index contributed by atoms with van der Waals surface area (Å²) in [6, 6.07) is 11.3. The fourth-order valence-electron chi connectivity index (χ4n) is 5.31. The number of benzene rings is 1. The molecule has 2 aliphatic heterocycles. The van der Waals surface area contributed by atoms with Crippen molar-refractivity contribution in [1.29, 1.82) is 0 Å². The first-order valence-corrected chi connectivity index (χ1v) is 10.6. The predicted octanol–water partition coefficient (Wildman–Crippen LogP) is 2.61. The molecule has 1 amide bonds. The van der Waals surface area contributed by atoms with Gasteiger partial charge in [-0.25, -0.2) is 0 Å². The third kappa shape index (κ3) is 3.41. The first kappa shape index (κ1) is 19.8. The molecule has 0 spiro atoms. The number of likely N-dealkylation sites (tertiary alicyclic amines) is 1. The van der Waals surface area contributed by atoms with E-state index in [1.807, 2.05) is 24.1 Å². The zero-order valence-corrected chi connectivity index (χ0v) is 17.4. The summed E-state index contributed by atoms with van der Waals surface area (Å²) in [4.78, 5) is 27.5. The highest BCUT2D eigenvalue weighted by Crippen LogP contribution is 2.36. The standard InChI is InChI=1S/C23H25N4O4/c1-24-13-16(18-4-2-3-5-20(18)24)6-9-22(28)25-11-15-10-17(14-25)19-7-8-21(27(30)31)23(29)26(19)12-15/h2-5,7-8,13,15,17,30H,6,9-12,14H2,1H3/q-1. The summed E-state index contributed by atoms with van der Waals surface area (Å²) in [6.07, 6.45) is 4.17. The molecular weight excluding hydrogens is 396 g/mol. The second kappa shape index (κ2) is 7.55. The van der Waals surface area contributed by atoms with Crippen LogP contribution in [0.3, 0.4) is 0 Å². The number of hydrogen-bond acceptors (Lipinski definition) is 5. The minimum Gasteiger partial charge on any atom is -0.733 e. The van der Waals surface area contributed by atoms with Crippen LogP contribution in [0.15, 0.2) is 47.4 Å². The molecule has 0 radical (unpaired) electrons. The number of pyridine rings is 1. The Morgan fingerprint density at radius 1 is 1.19 bits per heavy atom. The van der Waals surface area contributed by atoms with Crippen molar-refractivity contribution in [2.75, 3.05) is 18.3 Å². The smallest absolute Gasteiger partial charge is 0.275 e. The van der Waals surface area contributed by atoms with Gasteiger partial charge in [-0.1, -0.05) is 18.2 Å². The van der Waals surface area contributed by atoms with Crippen LogP contribution in [0.5, 0.6) is 0 Å². The van der Waals surface area contributed by atoms with E-state index in [0.717, 1.165) is 12.1 Å². The maximum Gasteiger partial charge on any atom is 0.275 e. The Morgan fingerprint density at radius 3 is 2.81 bits per heavy atom. The number of carbonyl (C=O) groups excluding carboxylic acids is 1. The highest BCUT2D eigenvalue weighted by molar-refractivity contribution is 5.85. The molecule has 8 nitrogen and oxygen atoms in total. The van der Waals surface area contributed by atoms with Crippen LogP contribution in [0, 0.1) is 11.1 Å². The molecule has 3 aromatic rings. The van der Waals surface area contributed by atoms with Crippen LogP contribution in [0.2, 0.25) is 0 Å². The number of piperidine rings is 1. The van der Waals surface area contributed by atoms with Gasteiger partial charge in [0, 0.05) is 61.8 Å². The normalized spacial score (nSPS) is 20.0. The van der Waals surface area contributed by atoms with Gasteiger partial charge in [0.1, 0.15) is 5.69 Å². The highest BCUT2D eigenvalue weighted by Gasteiger charge is 2.36. The zero-order chi connectivity index (χ0) is 21.7. The molecule has 8 heteroatoms. The van der Waals surface area contributed by atoms with Gasteiger partial charge >= 0.3 is 0 Å². The van der Waals surface area contributed by atoms with Crippen molar-refractivity contribution in [1.82, 2.24) is 14.0 Å². The summed E-state index contributed by atoms with van der Waals surface area (Å²) in [5.74, 6) is 0.366. The Morgan fingerprint density at radius 2 is 2.00 bits per heavy atom. The molecule has 162 valence electrons. The molecule has 2 aliphatic rings. The van der Waals surface area contributed by atoms with Gasteiger partial charge in [0.05, 0.1) is 0 Å². The van der Waals surface area contributed by atoms with Crippen LogP contribution in [-0.2, 0) is 24.8 Å². The molecule has 4 heterocycles. The first-order valence-electron chi connectivity index (χ1n) is 10.6. The Hall–Kier alpha value is -3.10. The van der Waals surface area contributed by atoms with Crippen molar-refractivity contribution in [2.45, 2.75) is 31.7 Å². The van der Waals surface area contributed by atoms with E-state index < -0.39 is 5.56 Å². The third-order valence-corrected chi connectivity index (χ3v) is 6.73. The Kier molecular flexibility index (Phi) is 4.83. The molecule has 2 bridgehead atoms. The van der Waals surface area contributed by atoms with Crippen LogP contribution < -0.4 is 10.8 Å². The molecule has 1 fully saturated rings. The third-order valence-electron chi connectivity index (χ3n) is 6.73. The maximum atomic E-state index is 13.0. The van der Waals surface area contributed by atoms with Crippen LogP contribution in [-0.4, -0.2) is 38.2 Å². The summed E-state index contributed by atoms with van der Waals surface area (Å²) in [5, 5.41) is 21.2. The second-order valence-electron chi connectivity index (χ2n) is 8.71. The van der Waals surface area contributed by atoms with E-state index in [9.17, 15) is 14.8 Å². The van der Waals surface area contributed by atoms with Crippen molar-refractivity contribution in [3.63, 3.8) is 0 Å². The van der Waals surface area contributed by atoms with E-state index in [4.69, 9.17) is 5.21 Å². The molecule has 1 aromatic carbocycles. The Balaban J connectivity index is 1.31. The van der Waals surface area contributed by atoms with Crippen molar-refractivity contribution < 1.29 is 10.0 Å². The molecule has 1 saturated heterocycles. The number of amides is 1. The van der Waals surface area contributed by atoms with E-state index >= 15 is 0 Å². The van der Waals surface area contributed by atoms with Crippen LogP contribution in [0.4, 0.5) is 5.69 Å². The van der Waals surface area contributed by atoms with Crippen molar-refractivity contribution >= 4 is 22.5 Å². The van der Waals surface area contributed by atoms with E-state index in [0.29, 0.717) is 32.5 Å². The van der Waals surface area contributed by atoms with Gasteiger partial charge in [-0.05, 0) is 42.5 Å². The Labute approximate surface area is 179 Å². The minimum absolute atomic E-state index is 0.0644. The summed E-state index contributed by atoms with van der Waals surface area (Å²) < 4.78 is 3.69. The quantitative estimate of drug-likeness (QED) is 0.654. The van der Waals surface area contributed by atoms with E-state index in [2.05, 4.69) is 22.9 Å². The van der Waals surface area contributed by atoms with Gasteiger partial charge in [0.15, 0.2) is 0 Å². The molecule has 1 N–H and O–H groups in total. The topological polar surface area (TPSA) is 93.8 Å². The number of carbonyl (C=O) groups is 1. The van der Waals surface area contributed by atoms with Crippen molar-refractivity contribution in [2.24, 2.45) is 13.0 Å². The zero-order valence-electron chi connectivity index (χ0n) is 17.4. The number of anilines is 1. The lowest BCUT2D eigenvalue weighted by Crippen LogP contribution is -2.49. The van der Waals surface area contributed by atoms with E-state index in [1.54, 1.807) is 10.6 Å². The van der Waals surface area contributed by atoms with E-state index in [-0.39, 0.29) is 28.7 Å². The summed E-state index contributed by atoms with van der Waals surface area (Å²) in [7, 11) is 2.02. The molecule has 2 unspecified atom stereocenters. The second-order valence-corrected chi connectivity index (χ2v) is 8.71. The number of hydrogen-bond donors (Lipinski definition) is 1. The summed E-state index contributed by atoms with van der Waals surface area (Å²) in [6.45, 7) is 1.64. The van der Waals surface area contributed by atoms with Crippen molar-refractivity contribution in [3.8, 4) is 0 Å². The molecular formula is C23H25N4O4-. The first-order chi connectivity index (χ1) is 14.9. The monoisotopic (exact) mass is 421 g/mol. The fraction of sp³-hybridized carbons (Fsp3) is 0.391. The van der Waals surface area contributed by atoms with Gasteiger partial charge < -0.3 is 24.5 Å². The number of aryl methyl sites for hydroxylation is 2. The summed E-state index contributed by atoms with van der Waals surface area (Å²) >= 11 is 0. The minimum atomic E-state index is -0.472. The average molecular weight is 421 g/mol. The van der Waals surface area contributed by atoms with Crippen molar-refractivity contribution in [3.05, 3.63) is 69.4 Å². The average Bonchev–Trinajstić information content (AvgIpc) is 3.08. The van der Waals surface area contributed by atoms with Gasteiger partial charge in [-0.15, -0.1) is 0 Å². The number of aromatic nitrogens is 2. The molecule has 0 saturated carbocycles. The SMILES string of the molecule is Cn1cc(CCC(=O)N2CC3CC(C2)c2ccc(N([O-])O)c(=O)n2C3)c2ccccc21. The number of nitrogens with zero attached hydrogens (tertiary/aromatic N) is 4. The van der Waals surface area contributed by atoms with Gasteiger partial charge in [-0.2, -0.15) is 0 Å². The molecule has 2 aromatic heterocycles. The number of fused-ring (bicyclic) bond motifs is 5. The molecule has 2 atom stereocenters. The van der Waals surface area contributed by atoms with Crippen LogP contribution in [0.25, 0.3) is 10.9 Å². The fourth-order valence-corrected chi connectivity index (χ4v) is 5.31. The molecule has 0 aliphatic carbocycles. The van der Waals surface area contributed by atoms with Crippen LogP contribution in [0.1, 0.15) is 30.0 Å². The lowest BCUT2D eigenvalue weighted by molar-refractivity contribution is -0.133. The predicted molar refractivity (Wildman–Crippen MR) is 117 cm³/mol.